The molecule has 1 heterocycles. The topological polar surface area (TPSA) is 61.7 Å². The maximum absolute atomic E-state index is 8.83. The number of aromatic nitrogens is 2. The zero-order chi connectivity index (χ0) is 14.0. The van der Waals surface area contributed by atoms with Crippen molar-refractivity contribution < 1.29 is 4.74 Å². The van der Waals surface area contributed by atoms with E-state index in [0.717, 1.165) is 28.1 Å². The molecule has 0 bridgehead atoms. The number of nitrogens with one attached hydrogen (secondary N) is 1. The molecule has 1 aromatic carbocycles. The molecular formula is C15H17N3O. The third kappa shape index (κ3) is 2.45. The van der Waals surface area contributed by atoms with Crippen LogP contribution in [-0.2, 0) is 0 Å². The first-order chi connectivity index (χ1) is 9.06. The second kappa shape index (κ2) is 5.15. The summed E-state index contributed by atoms with van der Waals surface area (Å²) in [5, 5.41) is 8.83. The Hall–Kier alpha value is -2.28. The van der Waals surface area contributed by atoms with Crippen LogP contribution < -0.4 is 4.74 Å². The molecule has 1 N–H and O–H groups in total. The molecule has 0 saturated carbocycles. The van der Waals surface area contributed by atoms with Crippen molar-refractivity contribution in [2.45, 2.75) is 26.7 Å². The maximum atomic E-state index is 8.83. The molecule has 2 rings (SSSR count). The van der Waals surface area contributed by atoms with Gasteiger partial charge in [-0.2, -0.15) is 5.26 Å². The largest absolute Gasteiger partial charge is 0.496 e. The van der Waals surface area contributed by atoms with Gasteiger partial charge in [-0.3, -0.25) is 0 Å². The lowest BCUT2D eigenvalue weighted by molar-refractivity contribution is 0.407. The molecule has 98 valence electrons. The lowest BCUT2D eigenvalue weighted by Gasteiger charge is -2.15. The Kier molecular flexibility index (Phi) is 3.57. The zero-order valence-corrected chi connectivity index (χ0v) is 11.6. The van der Waals surface area contributed by atoms with Crippen LogP contribution >= 0.6 is 0 Å². The molecule has 1 aromatic heterocycles. The SMILES string of the molecule is COc1cc(C)c(-c2cnc(C#N)[nH]2)cc1C(C)C. The van der Waals surface area contributed by atoms with E-state index in [1.165, 1.54) is 0 Å². The van der Waals surface area contributed by atoms with Gasteiger partial charge in [-0.05, 0) is 36.1 Å². The van der Waals surface area contributed by atoms with Gasteiger partial charge in [-0.1, -0.05) is 13.8 Å². The van der Waals surface area contributed by atoms with Gasteiger partial charge in [-0.15, -0.1) is 0 Å². The number of benzene rings is 1. The second-order valence-electron chi connectivity index (χ2n) is 4.82. The molecule has 0 aliphatic carbocycles. The lowest BCUT2D eigenvalue weighted by Crippen LogP contribution is -1.97. The minimum Gasteiger partial charge on any atom is -0.496 e. The van der Waals surface area contributed by atoms with E-state index < -0.39 is 0 Å². The first-order valence-corrected chi connectivity index (χ1v) is 6.20. The van der Waals surface area contributed by atoms with E-state index in [1.807, 2.05) is 19.1 Å². The van der Waals surface area contributed by atoms with Crippen LogP contribution in [0.2, 0.25) is 0 Å². The van der Waals surface area contributed by atoms with E-state index in [9.17, 15) is 0 Å². The van der Waals surface area contributed by atoms with Crippen LogP contribution in [0, 0.1) is 18.3 Å². The predicted molar refractivity (Wildman–Crippen MR) is 74.1 cm³/mol. The average molecular weight is 255 g/mol. The summed E-state index contributed by atoms with van der Waals surface area (Å²) in [6.07, 6.45) is 1.69. The number of ether oxygens (including phenoxy) is 1. The van der Waals surface area contributed by atoms with Crippen LogP contribution in [0.3, 0.4) is 0 Å². The first-order valence-electron chi connectivity index (χ1n) is 6.20. The number of aryl methyl sites for hydroxylation is 1. The Morgan fingerprint density at radius 3 is 2.63 bits per heavy atom. The summed E-state index contributed by atoms with van der Waals surface area (Å²) < 4.78 is 5.43. The molecule has 4 nitrogen and oxygen atoms in total. The van der Waals surface area contributed by atoms with Crippen molar-refractivity contribution in [1.82, 2.24) is 9.97 Å². The fraction of sp³-hybridized carbons (Fsp3) is 0.333. The average Bonchev–Trinajstić information content (AvgIpc) is 2.86. The van der Waals surface area contributed by atoms with Crippen LogP contribution in [0.25, 0.3) is 11.3 Å². The standard InChI is InChI=1S/C15H17N3O/c1-9(2)11-6-12(10(3)5-14(11)19-4)13-8-17-15(7-16)18-13/h5-6,8-9H,1-4H3,(H,17,18). The first kappa shape index (κ1) is 13.2. The van der Waals surface area contributed by atoms with Crippen molar-refractivity contribution in [2.75, 3.05) is 7.11 Å². The van der Waals surface area contributed by atoms with Gasteiger partial charge in [0.1, 0.15) is 11.8 Å². The second-order valence-corrected chi connectivity index (χ2v) is 4.82. The molecule has 0 aliphatic heterocycles. The highest BCUT2D eigenvalue weighted by atomic mass is 16.5. The summed E-state index contributed by atoms with van der Waals surface area (Å²) in [6.45, 7) is 6.28. The Morgan fingerprint density at radius 2 is 2.11 bits per heavy atom. The molecule has 19 heavy (non-hydrogen) atoms. The minimum absolute atomic E-state index is 0.330. The molecule has 0 fully saturated rings. The van der Waals surface area contributed by atoms with Crippen molar-refractivity contribution in [3.63, 3.8) is 0 Å². The number of nitriles is 1. The predicted octanol–water partition coefficient (Wildman–Crippen LogP) is 3.39. The molecule has 0 radical (unpaired) electrons. The van der Waals surface area contributed by atoms with E-state index in [4.69, 9.17) is 10.00 Å². The van der Waals surface area contributed by atoms with Crippen molar-refractivity contribution in [3.8, 4) is 23.1 Å². The van der Waals surface area contributed by atoms with Gasteiger partial charge < -0.3 is 9.72 Å². The summed E-state index contributed by atoms with van der Waals surface area (Å²) in [6, 6.07) is 6.14. The van der Waals surface area contributed by atoms with Crippen molar-refractivity contribution >= 4 is 0 Å². The summed E-state index contributed by atoms with van der Waals surface area (Å²) in [5.41, 5.74) is 4.16. The van der Waals surface area contributed by atoms with E-state index in [1.54, 1.807) is 13.3 Å². The number of imidazole rings is 1. The van der Waals surface area contributed by atoms with E-state index in [-0.39, 0.29) is 0 Å². The van der Waals surface area contributed by atoms with E-state index in [0.29, 0.717) is 11.7 Å². The Balaban J connectivity index is 2.58. The van der Waals surface area contributed by atoms with Gasteiger partial charge in [-0.25, -0.2) is 4.98 Å². The van der Waals surface area contributed by atoms with Gasteiger partial charge in [0.05, 0.1) is 19.0 Å². The number of rotatable bonds is 3. The van der Waals surface area contributed by atoms with Crippen molar-refractivity contribution in [2.24, 2.45) is 0 Å². The van der Waals surface area contributed by atoms with Crippen LogP contribution in [0.1, 0.15) is 36.7 Å². The van der Waals surface area contributed by atoms with Gasteiger partial charge >= 0.3 is 0 Å². The molecular weight excluding hydrogens is 238 g/mol. The summed E-state index contributed by atoms with van der Waals surface area (Å²) >= 11 is 0. The van der Waals surface area contributed by atoms with Crippen molar-refractivity contribution in [1.29, 1.82) is 5.26 Å². The third-order valence-electron chi connectivity index (χ3n) is 3.17. The summed E-state index contributed by atoms with van der Waals surface area (Å²) in [4.78, 5) is 7.03. The van der Waals surface area contributed by atoms with E-state index in [2.05, 4.69) is 29.9 Å². The Bertz CT molecular complexity index is 635. The lowest BCUT2D eigenvalue weighted by atomic mass is 9.95. The number of nitrogens with zero attached hydrogens (tertiary/aromatic N) is 2. The van der Waals surface area contributed by atoms with Crippen LogP contribution in [0.15, 0.2) is 18.3 Å². The Labute approximate surface area is 113 Å². The monoisotopic (exact) mass is 255 g/mol. The van der Waals surface area contributed by atoms with Crippen LogP contribution in [0.4, 0.5) is 0 Å². The van der Waals surface area contributed by atoms with Gasteiger partial charge in [0, 0.05) is 5.56 Å². The molecule has 0 spiro atoms. The number of H-pyrrole nitrogens is 1. The fourth-order valence-electron chi connectivity index (χ4n) is 2.13. The van der Waals surface area contributed by atoms with Gasteiger partial charge in [0.25, 0.3) is 0 Å². The number of aromatic amines is 1. The fourth-order valence-corrected chi connectivity index (χ4v) is 2.13. The maximum Gasteiger partial charge on any atom is 0.210 e. The molecule has 2 aromatic rings. The number of hydrogen-bond donors (Lipinski definition) is 1. The minimum atomic E-state index is 0.330. The molecule has 0 aliphatic rings. The highest BCUT2D eigenvalue weighted by molar-refractivity contribution is 5.67. The van der Waals surface area contributed by atoms with E-state index >= 15 is 0 Å². The normalized spacial score (nSPS) is 10.5. The molecule has 0 amide bonds. The highest BCUT2D eigenvalue weighted by Gasteiger charge is 2.13. The van der Waals surface area contributed by atoms with Gasteiger partial charge in [0.2, 0.25) is 5.82 Å². The highest BCUT2D eigenvalue weighted by Crippen LogP contribution is 2.33. The zero-order valence-electron chi connectivity index (χ0n) is 11.6. The number of hydrogen-bond acceptors (Lipinski definition) is 3. The van der Waals surface area contributed by atoms with Crippen LogP contribution in [-0.4, -0.2) is 17.1 Å². The smallest absolute Gasteiger partial charge is 0.210 e. The third-order valence-corrected chi connectivity index (χ3v) is 3.17. The molecule has 4 heteroatoms. The summed E-state index contributed by atoms with van der Waals surface area (Å²) in [5.74, 6) is 1.60. The summed E-state index contributed by atoms with van der Waals surface area (Å²) in [7, 11) is 1.68. The molecule has 0 unspecified atom stereocenters. The molecule has 0 atom stereocenters. The van der Waals surface area contributed by atoms with Crippen molar-refractivity contribution in [3.05, 3.63) is 35.3 Å². The van der Waals surface area contributed by atoms with Gasteiger partial charge in [0.15, 0.2) is 0 Å². The Morgan fingerprint density at radius 1 is 1.37 bits per heavy atom. The number of methoxy groups -OCH3 is 1. The quantitative estimate of drug-likeness (QED) is 0.914. The van der Waals surface area contributed by atoms with Crippen LogP contribution in [0.5, 0.6) is 5.75 Å². The molecule has 0 saturated heterocycles.